The Kier molecular flexibility index (Phi) is 1.73. The fourth-order valence-corrected chi connectivity index (χ4v) is 1.14. The van der Waals surface area contributed by atoms with E-state index >= 15 is 0 Å². The molecule has 0 saturated heterocycles. The molecular formula is C9H9N3O. The van der Waals surface area contributed by atoms with Gasteiger partial charge in [-0.15, -0.1) is 0 Å². The van der Waals surface area contributed by atoms with Crippen LogP contribution in [0.5, 0.6) is 0 Å². The molecule has 0 atom stereocenters. The van der Waals surface area contributed by atoms with Gasteiger partial charge in [-0.25, -0.2) is 4.79 Å². The maximum atomic E-state index is 11.1. The maximum absolute atomic E-state index is 11.1. The number of rotatable bonds is 1. The first-order valence-electron chi connectivity index (χ1n) is 3.94. The Bertz CT molecular complexity index is 455. The van der Waals surface area contributed by atoms with Crippen molar-refractivity contribution in [2.75, 3.05) is 0 Å². The van der Waals surface area contributed by atoms with E-state index in [0.717, 1.165) is 11.4 Å². The molecule has 0 aliphatic heterocycles. The lowest BCUT2D eigenvalue weighted by molar-refractivity contribution is 0.862. The summed E-state index contributed by atoms with van der Waals surface area (Å²) in [5.74, 6) is 0. The van der Waals surface area contributed by atoms with Crippen molar-refractivity contribution in [1.29, 1.82) is 0 Å². The van der Waals surface area contributed by atoms with Gasteiger partial charge in [0.2, 0.25) is 0 Å². The quantitative estimate of drug-likeness (QED) is 0.696. The highest BCUT2D eigenvalue weighted by atomic mass is 16.1. The lowest BCUT2D eigenvalue weighted by atomic mass is 10.3. The van der Waals surface area contributed by atoms with Crippen LogP contribution in [-0.2, 0) is 7.05 Å². The van der Waals surface area contributed by atoms with E-state index in [1.54, 1.807) is 19.4 Å². The van der Waals surface area contributed by atoms with Crippen molar-refractivity contribution in [3.05, 3.63) is 41.1 Å². The Balaban J connectivity index is 2.54. The topological polar surface area (TPSA) is 50.7 Å². The third-order valence-electron chi connectivity index (χ3n) is 1.83. The fraction of sp³-hybridized carbons (Fsp3) is 0.111. The molecule has 2 heterocycles. The second-order valence-electron chi connectivity index (χ2n) is 2.80. The first kappa shape index (κ1) is 7.79. The largest absolute Gasteiger partial charge is 0.325 e. The van der Waals surface area contributed by atoms with E-state index < -0.39 is 0 Å². The molecule has 2 aromatic heterocycles. The molecule has 0 aliphatic carbocycles. The molecule has 66 valence electrons. The summed E-state index contributed by atoms with van der Waals surface area (Å²) in [5, 5.41) is 0. The number of aromatic amines is 1. The van der Waals surface area contributed by atoms with Gasteiger partial charge in [0.25, 0.3) is 0 Å². The zero-order valence-corrected chi connectivity index (χ0v) is 7.19. The average molecular weight is 175 g/mol. The number of nitrogens with one attached hydrogen (secondary N) is 1. The third kappa shape index (κ3) is 1.38. The zero-order valence-electron chi connectivity index (χ0n) is 7.19. The lowest BCUT2D eigenvalue weighted by Gasteiger charge is -1.92. The highest BCUT2D eigenvalue weighted by molar-refractivity contribution is 5.51. The number of H-pyrrole nitrogens is 1. The van der Waals surface area contributed by atoms with Gasteiger partial charge in [-0.1, -0.05) is 6.07 Å². The van der Waals surface area contributed by atoms with Crippen molar-refractivity contribution < 1.29 is 0 Å². The molecule has 4 heteroatoms. The summed E-state index contributed by atoms with van der Waals surface area (Å²) >= 11 is 0. The minimum absolute atomic E-state index is 0.124. The van der Waals surface area contributed by atoms with Crippen molar-refractivity contribution in [1.82, 2.24) is 14.5 Å². The Morgan fingerprint density at radius 3 is 2.85 bits per heavy atom. The van der Waals surface area contributed by atoms with Crippen LogP contribution in [0.4, 0.5) is 0 Å². The Hall–Kier alpha value is -1.84. The van der Waals surface area contributed by atoms with Gasteiger partial charge in [-0.3, -0.25) is 4.98 Å². The van der Waals surface area contributed by atoms with Crippen LogP contribution in [0.1, 0.15) is 0 Å². The van der Waals surface area contributed by atoms with Crippen molar-refractivity contribution in [2.45, 2.75) is 0 Å². The SMILES string of the molecule is Cn1cc(-c2ccccn2)[nH]c1=O. The zero-order chi connectivity index (χ0) is 9.26. The first-order chi connectivity index (χ1) is 6.27. The van der Waals surface area contributed by atoms with E-state index in [4.69, 9.17) is 0 Å². The van der Waals surface area contributed by atoms with Crippen LogP contribution in [0.3, 0.4) is 0 Å². The smallest absolute Gasteiger partial charge is 0.304 e. The van der Waals surface area contributed by atoms with Gasteiger partial charge in [0.1, 0.15) is 0 Å². The van der Waals surface area contributed by atoms with Crippen molar-refractivity contribution in [3.63, 3.8) is 0 Å². The number of nitrogens with zero attached hydrogens (tertiary/aromatic N) is 2. The molecule has 0 radical (unpaired) electrons. The molecule has 2 rings (SSSR count). The summed E-state index contributed by atoms with van der Waals surface area (Å²) in [6.07, 6.45) is 3.42. The molecule has 0 spiro atoms. The van der Waals surface area contributed by atoms with Crippen molar-refractivity contribution >= 4 is 0 Å². The van der Waals surface area contributed by atoms with Crippen LogP contribution in [0, 0.1) is 0 Å². The normalized spacial score (nSPS) is 10.2. The van der Waals surface area contributed by atoms with E-state index in [-0.39, 0.29) is 5.69 Å². The van der Waals surface area contributed by atoms with E-state index in [1.165, 1.54) is 4.57 Å². The van der Waals surface area contributed by atoms with Crippen LogP contribution < -0.4 is 5.69 Å². The number of hydrogen-bond acceptors (Lipinski definition) is 2. The first-order valence-corrected chi connectivity index (χ1v) is 3.94. The summed E-state index contributed by atoms with van der Waals surface area (Å²) in [6, 6.07) is 5.57. The number of aryl methyl sites for hydroxylation is 1. The van der Waals surface area contributed by atoms with Gasteiger partial charge in [0, 0.05) is 19.4 Å². The molecule has 0 fully saturated rings. The third-order valence-corrected chi connectivity index (χ3v) is 1.83. The van der Waals surface area contributed by atoms with E-state index in [0.29, 0.717) is 0 Å². The second kappa shape index (κ2) is 2.90. The number of hydrogen-bond donors (Lipinski definition) is 1. The average Bonchev–Trinajstić information content (AvgIpc) is 2.49. The van der Waals surface area contributed by atoms with E-state index in [9.17, 15) is 4.79 Å². The highest BCUT2D eigenvalue weighted by Crippen LogP contribution is 2.09. The minimum atomic E-state index is -0.124. The minimum Gasteiger partial charge on any atom is -0.304 e. The predicted molar refractivity (Wildman–Crippen MR) is 49.3 cm³/mol. The number of pyridine rings is 1. The van der Waals surface area contributed by atoms with E-state index in [2.05, 4.69) is 9.97 Å². The Labute approximate surface area is 74.9 Å². The predicted octanol–water partition coefficient (Wildman–Crippen LogP) is 0.775. The Morgan fingerprint density at radius 1 is 1.46 bits per heavy atom. The summed E-state index contributed by atoms with van der Waals surface area (Å²) in [6.45, 7) is 0. The molecule has 4 nitrogen and oxygen atoms in total. The van der Waals surface area contributed by atoms with E-state index in [1.807, 2.05) is 18.2 Å². The number of imidazole rings is 1. The fourth-order valence-electron chi connectivity index (χ4n) is 1.14. The lowest BCUT2D eigenvalue weighted by Crippen LogP contribution is -2.11. The molecular weight excluding hydrogens is 166 g/mol. The second-order valence-corrected chi connectivity index (χ2v) is 2.80. The molecule has 0 bridgehead atoms. The van der Waals surface area contributed by atoms with Gasteiger partial charge in [-0.2, -0.15) is 0 Å². The molecule has 0 aliphatic rings. The molecule has 2 aromatic rings. The standard InChI is InChI=1S/C9H9N3O/c1-12-6-8(11-9(12)13)7-4-2-3-5-10-7/h2-6H,1H3,(H,11,13). The highest BCUT2D eigenvalue weighted by Gasteiger charge is 2.01. The summed E-state index contributed by atoms with van der Waals surface area (Å²) in [4.78, 5) is 17.9. The van der Waals surface area contributed by atoms with Crippen molar-refractivity contribution in [2.24, 2.45) is 7.05 Å². The van der Waals surface area contributed by atoms with Crippen LogP contribution in [0.2, 0.25) is 0 Å². The molecule has 1 N–H and O–H groups in total. The Morgan fingerprint density at radius 2 is 2.31 bits per heavy atom. The van der Waals surface area contributed by atoms with Crippen LogP contribution in [0.15, 0.2) is 35.4 Å². The van der Waals surface area contributed by atoms with Gasteiger partial charge >= 0.3 is 5.69 Å². The molecule has 0 saturated carbocycles. The molecule has 13 heavy (non-hydrogen) atoms. The van der Waals surface area contributed by atoms with Gasteiger partial charge < -0.3 is 9.55 Å². The van der Waals surface area contributed by atoms with Crippen LogP contribution in [-0.4, -0.2) is 14.5 Å². The monoisotopic (exact) mass is 175 g/mol. The molecule has 0 amide bonds. The molecule has 0 unspecified atom stereocenters. The summed E-state index contributed by atoms with van der Waals surface area (Å²) in [7, 11) is 1.70. The molecule has 0 aromatic carbocycles. The van der Waals surface area contributed by atoms with Gasteiger partial charge in [0.05, 0.1) is 11.4 Å². The van der Waals surface area contributed by atoms with Crippen LogP contribution in [0.25, 0.3) is 11.4 Å². The number of aromatic nitrogens is 3. The van der Waals surface area contributed by atoms with Gasteiger partial charge in [-0.05, 0) is 12.1 Å². The van der Waals surface area contributed by atoms with Crippen LogP contribution >= 0.6 is 0 Å². The summed E-state index contributed by atoms with van der Waals surface area (Å²) < 4.78 is 1.49. The van der Waals surface area contributed by atoms with Crippen molar-refractivity contribution in [3.8, 4) is 11.4 Å². The maximum Gasteiger partial charge on any atom is 0.325 e. The summed E-state index contributed by atoms with van der Waals surface area (Å²) in [5.41, 5.74) is 1.40. The van der Waals surface area contributed by atoms with Gasteiger partial charge in [0.15, 0.2) is 0 Å².